The standard InChI is InChI=1S/C19H19NO2S/c1-4-13-5-7-14(8-6-13)19-20-16(12-23-19)15-9-10-17(21-2)18(11-15)22-3/h5-12H,4H2,1-3H3. The Hall–Kier alpha value is -2.33. The summed E-state index contributed by atoms with van der Waals surface area (Å²) in [7, 11) is 3.28. The topological polar surface area (TPSA) is 31.4 Å². The number of methoxy groups -OCH3 is 2. The maximum atomic E-state index is 5.37. The van der Waals surface area contributed by atoms with Gasteiger partial charge in [0.2, 0.25) is 0 Å². The van der Waals surface area contributed by atoms with Crippen LogP contribution in [0, 0.1) is 0 Å². The zero-order valence-electron chi connectivity index (χ0n) is 13.5. The minimum absolute atomic E-state index is 0.715. The van der Waals surface area contributed by atoms with Crippen molar-refractivity contribution in [3.63, 3.8) is 0 Å². The van der Waals surface area contributed by atoms with E-state index in [1.165, 1.54) is 5.56 Å². The number of hydrogen-bond acceptors (Lipinski definition) is 4. The van der Waals surface area contributed by atoms with Crippen LogP contribution in [0.15, 0.2) is 47.8 Å². The summed E-state index contributed by atoms with van der Waals surface area (Å²) in [6.07, 6.45) is 1.05. The van der Waals surface area contributed by atoms with E-state index in [0.29, 0.717) is 5.75 Å². The zero-order valence-corrected chi connectivity index (χ0v) is 14.3. The van der Waals surface area contributed by atoms with Crippen molar-refractivity contribution in [3.8, 4) is 33.3 Å². The number of ether oxygens (including phenoxy) is 2. The normalized spacial score (nSPS) is 10.6. The quantitative estimate of drug-likeness (QED) is 0.657. The number of aromatic nitrogens is 1. The molecule has 0 spiro atoms. The molecular weight excluding hydrogens is 306 g/mol. The molecule has 0 saturated carbocycles. The number of benzene rings is 2. The number of hydrogen-bond donors (Lipinski definition) is 0. The second kappa shape index (κ2) is 6.84. The Balaban J connectivity index is 1.92. The Morgan fingerprint density at radius 2 is 1.61 bits per heavy atom. The molecule has 0 radical (unpaired) electrons. The minimum Gasteiger partial charge on any atom is -0.493 e. The Morgan fingerprint density at radius 1 is 0.913 bits per heavy atom. The molecule has 2 aromatic carbocycles. The Morgan fingerprint density at radius 3 is 2.26 bits per heavy atom. The zero-order chi connectivity index (χ0) is 16.2. The summed E-state index contributed by atoms with van der Waals surface area (Å²) in [4.78, 5) is 4.76. The molecule has 0 bridgehead atoms. The number of thiazole rings is 1. The molecule has 0 atom stereocenters. The van der Waals surface area contributed by atoms with Gasteiger partial charge in [-0.1, -0.05) is 31.2 Å². The van der Waals surface area contributed by atoms with Crippen molar-refractivity contribution in [3.05, 3.63) is 53.4 Å². The fourth-order valence-corrected chi connectivity index (χ4v) is 3.25. The van der Waals surface area contributed by atoms with Crippen LogP contribution < -0.4 is 9.47 Å². The van der Waals surface area contributed by atoms with E-state index in [0.717, 1.165) is 34.0 Å². The second-order valence-electron chi connectivity index (χ2n) is 5.16. The van der Waals surface area contributed by atoms with Crippen LogP contribution in [0.2, 0.25) is 0 Å². The highest BCUT2D eigenvalue weighted by Crippen LogP contribution is 2.34. The fraction of sp³-hybridized carbons (Fsp3) is 0.211. The molecule has 118 valence electrons. The second-order valence-corrected chi connectivity index (χ2v) is 6.02. The molecule has 0 fully saturated rings. The highest BCUT2D eigenvalue weighted by molar-refractivity contribution is 7.13. The first-order valence-electron chi connectivity index (χ1n) is 7.52. The summed E-state index contributed by atoms with van der Waals surface area (Å²) in [6.45, 7) is 2.16. The van der Waals surface area contributed by atoms with E-state index in [1.54, 1.807) is 25.6 Å². The fourth-order valence-electron chi connectivity index (χ4n) is 2.42. The molecule has 0 aliphatic heterocycles. The lowest BCUT2D eigenvalue weighted by Crippen LogP contribution is -1.91. The predicted octanol–water partition coefficient (Wildman–Crippen LogP) is 5.06. The van der Waals surface area contributed by atoms with Crippen LogP contribution in [-0.4, -0.2) is 19.2 Å². The Labute approximate surface area is 140 Å². The van der Waals surface area contributed by atoms with Crippen molar-refractivity contribution in [1.29, 1.82) is 0 Å². The number of rotatable bonds is 5. The van der Waals surface area contributed by atoms with Crippen molar-refractivity contribution in [1.82, 2.24) is 4.98 Å². The van der Waals surface area contributed by atoms with Gasteiger partial charge in [-0.2, -0.15) is 0 Å². The van der Waals surface area contributed by atoms with Crippen molar-refractivity contribution in [2.75, 3.05) is 14.2 Å². The van der Waals surface area contributed by atoms with Crippen molar-refractivity contribution in [2.24, 2.45) is 0 Å². The van der Waals surface area contributed by atoms with Crippen molar-refractivity contribution in [2.45, 2.75) is 13.3 Å². The number of nitrogens with zero attached hydrogens (tertiary/aromatic N) is 1. The van der Waals surface area contributed by atoms with Crippen LogP contribution >= 0.6 is 11.3 Å². The molecule has 1 aromatic heterocycles. The van der Waals surface area contributed by atoms with Crippen LogP contribution in [0.5, 0.6) is 11.5 Å². The largest absolute Gasteiger partial charge is 0.493 e. The van der Waals surface area contributed by atoms with E-state index in [1.807, 2.05) is 18.2 Å². The summed E-state index contributed by atoms with van der Waals surface area (Å²) in [5, 5.41) is 3.10. The van der Waals surface area contributed by atoms with E-state index < -0.39 is 0 Å². The van der Waals surface area contributed by atoms with Gasteiger partial charge < -0.3 is 9.47 Å². The van der Waals surface area contributed by atoms with Gasteiger partial charge in [0.25, 0.3) is 0 Å². The van der Waals surface area contributed by atoms with Gasteiger partial charge in [-0.05, 0) is 30.2 Å². The molecule has 3 nitrogen and oxygen atoms in total. The summed E-state index contributed by atoms with van der Waals surface area (Å²) in [5.74, 6) is 1.44. The predicted molar refractivity (Wildman–Crippen MR) is 95.5 cm³/mol. The highest BCUT2D eigenvalue weighted by Gasteiger charge is 2.10. The van der Waals surface area contributed by atoms with Crippen LogP contribution in [-0.2, 0) is 6.42 Å². The Bertz CT molecular complexity index is 793. The van der Waals surface area contributed by atoms with Gasteiger partial charge in [0.15, 0.2) is 11.5 Å². The lowest BCUT2D eigenvalue weighted by Gasteiger charge is -2.08. The third kappa shape index (κ3) is 3.22. The van der Waals surface area contributed by atoms with E-state index in [9.17, 15) is 0 Å². The van der Waals surface area contributed by atoms with Gasteiger partial charge in [-0.3, -0.25) is 0 Å². The minimum atomic E-state index is 0.715. The molecule has 23 heavy (non-hydrogen) atoms. The maximum Gasteiger partial charge on any atom is 0.161 e. The first-order valence-corrected chi connectivity index (χ1v) is 8.40. The van der Waals surface area contributed by atoms with Crippen molar-refractivity contribution < 1.29 is 9.47 Å². The lowest BCUT2D eigenvalue weighted by molar-refractivity contribution is 0.355. The van der Waals surface area contributed by atoms with Gasteiger partial charge in [0.05, 0.1) is 19.9 Å². The lowest BCUT2D eigenvalue weighted by atomic mass is 10.1. The molecular formula is C19H19NO2S. The van der Waals surface area contributed by atoms with E-state index >= 15 is 0 Å². The van der Waals surface area contributed by atoms with E-state index in [-0.39, 0.29) is 0 Å². The smallest absolute Gasteiger partial charge is 0.161 e. The van der Waals surface area contributed by atoms with Gasteiger partial charge >= 0.3 is 0 Å². The van der Waals surface area contributed by atoms with Gasteiger partial charge in [0.1, 0.15) is 5.01 Å². The molecule has 0 aliphatic carbocycles. The van der Waals surface area contributed by atoms with Crippen LogP contribution in [0.25, 0.3) is 21.8 Å². The molecule has 0 amide bonds. The average Bonchev–Trinajstić information content (AvgIpc) is 3.11. The Kier molecular flexibility index (Phi) is 4.63. The average molecular weight is 325 g/mol. The first kappa shape index (κ1) is 15.6. The molecule has 3 rings (SSSR count). The van der Waals surface area contributed by atoms with Crippen LogP contribution in [0.1, 0.15) is 12.5 Å². The van der Waals surface area contributed by atoms with Gasteiger partial charge in [-0.15, -0.1) is 11.3 Å². The summed E-state index contributed by atoms with van der Waals surface area (Å²) >= 11 is 1.65. The van der Waals surface area contributed by atoms with Crippen LogP contribution in [0.4, 0.5) is 0 Å². The molecule has 0 unspecified atom stereocenters. The SMILES string of the molecule is CCc1ccc(-c2nc(-c3ccc(OC)c(OC)c3)cs2)cc1. The summed E-state index contributed by atoms with van der Waals surface area (Å²) in [5.41, 5.74) is 4.46. The molecule has 1 heterocycles. The third-order valence-corrected chi connectivity index (χ3v) is 4.68. The monoisotopic (exact) mass is 325 g/mol. The van der Waals surface area contributed by atoms with E-state index in [2.05, 4.69) is 36.6 Å². The van der Waals surface area contributed by atoms with E-state index in [4.69, 9.17) is 14.5 Å². The summed E-state index contributed by atoms with van der Waals surface area (Å²) < 4.78 is 10.6. The summed E-state index contributed by atoms with van der Waals surface area (Å²) in [6, 6.07) is 14.5. The first-order chi connectivity index (χ1) is 11.2. The molecule has 0 aliphatic rings. The molecule has 0 saturated heterocycles. The maximum absolute atomic E-state index is 5.37. The van der Waals surface area contributed by atoms with Crippen molar-refractivity contribution >= 4 is 11.3 Å². The molecule has 0 N–H and O–H groups in total. The number of aryl methyl sites for hydroxylation is 1. The third-order valence-electron chi connectivity index (χ3n) is 3.79. The molecule has 3 aromatic rings. The highest BCUT2D eigenvalue weighted by atomic mass is 32.1. The van der Waals surface area contributed by atoms with Crippen LogP contribution in [0.3, 0.4) is 0 Å². The van der Waals surface area contributed by atoms with Gasteiger partial charge in [-0.25, -0.2) is 4.98 Å². The molecule has 4 heteroatoms. The van der Waals surface area contributed by atoms with Gasteiger partial charge in [0, 0.05) is 16.5 Å².